The predicted molar refractivity (Wildman–Crippen MR) is 86.4 cm³/mol. The molecule has 0 amide bonds. The van der Waals surface area contributed by atoms with Crippen molar-refractivity contribution in [3.05, 3.63) is 69.8 Å². The fourth-order valence-corrected chi connectivity index (χ4v) is 2.67. The summed E-state index contributed by atoms with van der Waals surface area (Å²) in [6.45, 7) is 2.00. The quantitative estimate of drug-likeness (QED) is 0.498. The number of halogens is 1. The van der Waals surface area contributed by atoms with Crippen LogP contribution in [-0.4, -0.2) is 9.38 Å². The average molecular weight is 311 g/mol. The summed E-state index contributed by atoms with van der Waals surface area (Å²) in [4.78, 5) is 16.7. The molecule has 22 heavy (non-hydrogen) atoms. The highest BCUT2D eigenvalue weighted by atomic mass is 35.5. The lowest BCUT2D eigenvalue weighted by Crippen LogP contribution is -2.02. The molecule has 0 bridgehead atoms. The molecule has 0 aliphatic carbocycles. The molecule has 1 aromatic carbocycles. The Hall–Kier alpha value is -2.59. The van der Waals surface area contributed by atoms with Crippen molar-refractivity contribution in [2.24, 2.45) is 0 Å². The molecule has 0 fully saturated rings. The minimum Gasteiger partial charge on any atom is -0.422 e. The standard InChI is InChI=1S/C17H11ClN2O2/c1-10-4-5-20-9-14(19-16(20)6-10)13-8-11-7-12(18)2-3-15(11)22-17(13)21/h2-9H,1H3. The van der Waals surface area contributed by atoms with Crippen LogP contribution in [0.1, 0.15) is 5.56 Å². The molecule has 5 heteroatoms. The summed E-state index contributed by atoms with van der Waals surface area (Å²) in [5.41, 5.74) is 3.02. The summed E-state index contributed by atoms with van der Waals surface area (Å²) in [6, 6.07) is 10.9. The van der Waals surface area contributed by atoms with E-state index in [-0.39, 0.29) is 0 Å². The Bertz CT molecular complexity index is 1080. The van der Waals surface area contributed by atoms with Gasteiger partial charge in [-0.3, -0.25) is 0 Å². The fourth-order valence-electron chi connectivity index (χ4n) is 2.49. The number of fused-ring (bicyclic) bond motifs is 2. The Morgan fingerprint density at radius 2 is 2.05 bits per heavy atom. The van der Waals surface area contributed by atoms with Crippen molar-refractivity contribution in [1.29, 1.82) is 0 Å². The summed E-state index contributed by atoms with van der Waals surface area (Å²) in [7, 11) is 0. The molecule has 0 saturated heterocycles. The SMILES string of the molecule is Cc1ccn2cc(-c3cc4cc(Cl)ccc4oc3=O)nc2c1. The van der Waals surface area contributed by atoms with E-state index in [1.54, 1.807) is 24.3 Å². The fraction of sp³-hybridized carbons (Fsp3) is 0.0588. The molecule has 0 N–H and O–H groups in total. The van der Waals surface area contributed by atoms with E-state index in [4.69, 9.17) is 16.0 Å². The molecule has 4 aromatic rings. The van der Waals surface area contributed by atoms with Crippen LogP contribution in [0.2, 0.25) is 5.02 Å². The van der Waals surface area contributed by atoms with Crippen LogP contribution >= 0.6 is 11.6 Å². The molecule has 0 unspecified atom stereocenters. The first kappa shape index (κ1) is 13.1. The highest BCUT2D eigenvalue weighted by Crippen LogP contribution is 2.23. The van der Waals surface area contributed by atoms with E-state index in [9.17, 15) is 4.79 Å². The van der Waals surface area contributed by atoms with E-state index in [2.05, 4.69) is 4.98 Å². The highest BCUT2D eigenvalue weighted by Gasteiger charge is 2.12. The maximum absolute atomic E-state index is 12.2. The molecule has 0 atom stereocenters. The van der Waals surface area contributed by atoms with Gasteiger partial charge in [0.05, 0.1) is 11.3 Å². The van der Waals surface area contributed by atoms with Gasteiger partial charge in [-0.1, -0.05) is 11.6 Å². The van der Waals surface area contributed by atoms with Crippen LogP contribution in [0.3, 0.4) is 0 Å². The van der Waals surface area contributed by atoms with Gasteiger partial charge in [-0.25, -0.2) is 9.78 Å². The Balaban J connectivity index is 1.98. The van der Waals surface area contributed by atoms with Crippen molar-refractivity contribution in [3.63, 3.8) is 0 Å². The minimum absolute atomic E-state index is 0.407. The number of aromatic nitrogens is 2. The van der Waals surface area contributed by atoms with E-state index in [0.717, 1.165) is 16.6 Å². The van der Waals surface area contributed by atoms with Gasteiger partial charge in [0.15, 0.2) is 0 Å². The zero-order valence-electron chi connectivity index (χ0n) is 11.7. The second-order valence-electron chi connectivity index (χ2n) is 5.23. The lowest BCUT2D eigenvalue weighted by molar-refractivity contribution is 0.563. The van der Waals surface area contributed by atoms with Gasteiger partial charge in [0.1, 0.15) is 11.2 Å². The summed E-state index contributed by atoms with van der Waals surface area (Å²) < 4.78 is 7.24. The molecule has 0 radical (unpaired) electrons. The average Bonchev–Trinajstić information content (AvgIpc) is 2.89. The molecule has 108 valence electrons. The Morgan fingerprint density at radius 3 is 2.91 bits per heavy atom. The molecule has 3 aromatic heterocycles. The van der Waals surface area contributed by atoms with Gasteiger partial charge in [0.25, 0.3) is 0 Å². The number of rotatable bonds is 1. The van der Waals surface area contributed by atoms with Gasteiger partial charge < -0.3 is 8.82 Å². The first-order chi connectivity index (χ1) is 10.6. The zero-order chi connectivity index (χ0) is 15.3. The minimum atomic E-state index is -0.407. The van der Waals surface area contributed by atoms with Crippen LogP contribution in [0.4, 0.5) is 0 Å². The second kappa shape index (κ2) is 4.71. The van der Waals surface area contributed by atoms with Gasteiger partial charge in [-0.05, 0) is 48.9 Å². The van der Waals surface area contributed by atoms with E-state index in [0.29, 0.717) is 21.9 Å². The maximum Gasteiger partial charge on any atom is 0.345 e. The molecule has 4 rings (SSSR count). The lowest BCUT2D eigenvalue weighted by Gasteiger charge is -2.00. The number of hydrogen-bond acceptors (Lipinski definition) is 3. The van der Waals surface area contributed by atoms with Gasteiger partial charge in [0, 0.05) is 22.8 Å². The Kier molecular flexibility index (Phi) is 2.81. The van der Waals surface area contributed by atoms with Gasteiger partial charge in [-0.2, -0.15) is 0 Å². The Morgan fingerprint density at radius 1 is 1.18 bits per heavy atom. The van der Waals surface area contributed by atoms with Gasteiger partial charge in [0.2, 0.25) is 0 Å². The summed E-state index contributed by atoms with van der Waals surface area (Å²) in [6.07, 6.45) is 3.73. The summed E-state index contributed by atoms with van der Waals surface area (Å²) in [5, 5.41) is 1.37. The normalized spacial score (nSPS) is 11.4. The third kappa shape index (κ3) is 2.09. The monoisotopic (exact) mass is 310 g/mol. The van der Waals surface area contributed by atoms with Crippen molar-refractivity contribution >= 4 is 28.2 Å². The largest absolute Gasteiger partial charge is 0.422 e. The van der Waals surface area contributed by atoms with Crippen LogP contribution in [0.25, 0.3) is 27.9 Å². The van der Waals surface area contributed by atoms with Crippen LogP contribution in [-0.2, 0) is 0 Å². The number of pyridine rings is 1. The molecule has 0 aliphatic heterocycles. The summed E-state index contributed by atoms with van der Waals surface area (Å²) >= 11 is 6.00. The Labute approximate surface area is 130 Å². The maximum atomic E-state index is 12.2. The van der Waals surface area contributed by atoms with Crippen molar-refractivity contribution in [1.82, 2.24) is 9.38 Å². The first-order valence-corrected chi connectivity index (χ1v) is 7.17. The smallest absolute Gasteiger partial charge is 0.345 e. The van der Waals surface area contributed by atoms with Crippen LogP contribution in [0.15, 0.2) is 58.0 Å². The third-order valence-corrected chi connectivity index (χ3v) is 3.82. The zero-order valence-corrected chi connectivity index (χ0v) is 12.5. The van der Waals surface area contributed by atoms with Crippen molar-refractivity contribution in [2.75, 3.05) is 0 Å². The summed E-state index contributed by atoms with van der Waals surface area (Å²) in [5.74, 6) is 0. The highest BCUT2D eigenvalue weighted by molar-refractivity contribution is 6.31. The van der Waals surface area contributed by atoms with Crippen LogP contribution < -0.4 is 5.63 Å². The topological polar surface area (TPSA) is 47.5 Å². The van der Waals surface area contributed by atoms with Crippen molar-refractivity contribution in [3.8, 4) is 11.3 Å². The number of hydrogen-bond donors (Lipinski definition) is 0. The first-order valence-electron chi connectivity index (χ1n) is 6.79. The van der Waals surface area contributed by atoms with Gasteiger partial charge in [-0.15, -0.1) is 0 Å². The molecule has 3 heterocycles. The van der Waals surface area contributed by atoms with E-state index >= 15 is 0 Å². The van der Waals surface area contributed by atoms with E-state index in [1.165, 1.54) is 0 Å². The van der Waals surface area contributed by atoms with Gasteiger partial charge >= 0.3 is 5.63 Å². The second-order valence-corrected chi connectivity index (χ2v) is 5.66. The van der Waals surface area contributed by atoms with E-state index in [1.807, 2.05) is 35.9 Å². The van der Waals surface area contributed by atoms with Crippen LogP contribution in [0, 0.1) is 6.92 Å². The number of benzene rings is 1. The molecule has 0 saturated carbocycles. The predicted octanol–water partition coefficient (Wildman–Crippen LogP) is 4.07. The number of nitrogens with zero attached hydrogens (tertiary/aromatic N) is 2. The van der Waals surface area contributed by atoms with Crippen molar-refractivity contribution in [2.45, 2.75) is 6.92 Å². The number of aryl methyl sites for hydroxylation is 1. The number of imidazole rings is 1. The molecule has 4 nitrogen and oxygen atoms in total. The van der Waals surface area contributed by atoms with E-state index < -0.39 is 5.63 Å². The molecule has 0 spiro atoms. The third-order valence-electron chi connectivity index (χ3n) is 3.59. The van der Waals surface area contributed by atoms with Crippen molar-refractivity contribution < 1.29 is 4.42 Å². The lowest BCUT2D eigenvalue weighted by atomic mass is 10.1. The molecular weight excluding hydrogens is 300 g/mol. The molecule has 0 aliphatic rings. The van der Waals surface area contributed by atoms with Crippen LogP contribution in [0.5, 0.6) is 0 Å². The molecular formula is C17H11ClN2O2.